The number of phenolic OH excluding ortho intramolecular Hbond substituents is 2. The fourth-order valence-corrected chi connectivity index (χ4v) is 2.23. The summed E-state index contributed by atoms with van der Waals surface area (Å²) in [7, 11) is 0. The van der Waals surface area contributed by atoms with Crippen LogP contribution in [0.2, 0.25) is 0 Å². The summed E-state index contributed by atoms with van der Waals surface area (Å²) < 4.78 is 0. The molecule has 0 aliphatic carbocycles. The van der Waals surface area contributed by atoms with Gasteiger partial charge in [0.2, 0.25) is 0 Å². The van der Waals surface area contributed by atoms with Gasteiger partial charge in [0.1, 0.15) is 0 Å². The van der Waals surface area contributed by atoms with Crippen LogP contribution in [-0.4, -0.2) is 10.2 Å². The number of aromatic hydroxyl groups is 2. The van der Waals surface area contributed by atoms with E-state index in [1.165, 1.54) is 31.2 Å². The van der Waals surface area contributed by atoms with Crippen molar-refractivity contribution in [3.63, 3.8) is 0 Å². The van der Waals surface area contributed by atoms with Crippen LogP contribution in [-0.2, 0) is 6.42 Å². The fraction of sp³-hybridized carbons (Fsp3) is 0.375. The summed E-state index contributed by atoms with van der Waals surface area (Å²) >= 11 is 0. The van der Waals surface area contributed by atoms with Gasteiger partial charge in [-0.3, -0.25) is 0 Å². The summed E-state index contributed by atoms with van der Waals surface area (Å²) in [5, 5.41) is 20.9. The molecule has 2 aromatic rings. The summed E-state index contributed by atoms with van der Waals surface area (Å²) in [6.07, 6.45) is 6.11. The van der Waals surface area contributed by atoms with Gasteiger partial charge in [-0.15, -0.1) is 0 Å². The van der Waals surface area contributed by atoms with Crippen LogP contribution in [0.25, 0.3) is 10.8 Å². The van der Waals surface area contributed by atoms with E-state index in [9.17, 15) is 10.2 Å². The molecule has 0 unspecified atom stereocenters. The van der Waals surface area contributed by atoms with Crippen molar-refractivity contribution in [2.24, 2.45) is 0 Å². The molecule has 2 rings (SSSR count). The van der Waals surface area contributed by atoms with Crippen LogP contribution in [0.5, 0.6) is 11.5 Å². The second-order valence-corrected chi connectivity index (χ2v) is 4.83. The summed E-state index contributed by atoms with van der Waals surface area (Å²) in [6, 6.07) is 9.43. The zero-order valence-corrected chi connectivity index (χ0v) is 10.8. The molecule has 0 atom stereocenters. The quantitative estimate of drug-likeness (QED) is 0.605. The fourth-order valence-electron chi connectivity index (χ4n) is 2.23. The van der Waals surface area contributed by atoms with Gasteiger partial charge in [-0.1, -0.05) is 44.4 Å². The van der Waals surface area contributed by atoms with E-state index >= 15 is 0 Å². The highest BCUT2D eigenvalue weighted by Crippen LogP contribution is 2.30. The van der Waals surface area contributed by atoms with E-state index < -0.39 is 0 Å². The average Bonchev–Trinajstić information content (AvgIpc) is 2.36. The van der Waals surface area contributed by atoms with Crippen LogP contribution >= 0.6 is 0 Å². The predicted octanol–water partition coefficient (Wildman–Crippen LogP) is 4.37. The Morgan fingerprint density at radius 1 is 0.833 bits per heavy atom. The van der Waals surface area contributed by atoms with Gasteiger partial charge in [0, 0.05) is 0 Å². The van der Waals surface area contributed by atoms with Crippen molar-refractivity contribution in [1.82, 2.24) is 0 Å². The second-order valence-electron chi connectivity index (χ2n) is 4.83. The summed E-state index contributed by atoms with van der Waals surface area (Å²) in [6.45, 7) is 2.21. The van der Waals surface area contributed by atoms with Gasteiger partial charge in [-0.05, 0) is 41.3 Å². The molecule has 0 spiro atoms. The van der Waals surface area contributed by atoms with Gasteiger partial charge in [-0.25, -0.2) is 0 Å². The lowest BCUT2D eigenvalue weighted by Gasteiger charge is -2.05. The topological polar surface area (TPSA) is 40.5 Å². The zero-order valence-electron chi connectivity index (χ0n) is 10.8. The minimum absolute atomic E-state index is 0.0503. The molecule has 0 aromatic heterocycles. The predicted molar refractivity (Wildman–Crippen MR) is 75.1 cm³/mol. The van der Waals surface area contributed by atoms with Crippen molar-refractivity contribution in [1.29, 1.82) is 0 Å². The lowest BCUT2D eigenvalue weighted by atomic mass is 10.0. The largest absolute Gasteiger partial charge is 0.504 e. The third-order valence-electron chi connectivity index (χ3n) is 3.32. The minimum Gasteiger partial charge on any atom is -0.504 e. The molecule has 96 valence electrons. The number of hydrogen-bond acceptors (Lipinski definition) is 2. The van der Waals surface area contributed by atoms with Gasteiger partial charge in [0.15, 0.2) is 11.5 Å². The first kappa shape index (κ1) is 12.7. The SMILES string of the molecule is CCCCCCc1ccc2cc(O)c(O)cc2c1. The van der Waals surface area contributed by atoms with E-state index in [0.717, 1.165) is 17.2 Å². The van der Waals surface area contributed by atoms with Crippen molar-refractivity contribution in [3.8, 4) is 11.5 Å². The maximum absolute atomic E-state index is 9.50. The van der Waals surface area contributed by atoms with Crippen LogP contribution in [0.15, 0.2) is 30.3 Å². The number of fused-ring (bicyclic) bond motifs is 1. The molecule has 2 N–H and O–H groups in total. The molecule has 0 radical (unpaired) electrons. The monoisotopic (exact) mass is 244 g/mol. The average molecular weight is 244 g/mol. The molecule has 0 heterocycles. The molecular weight excluding hydrogens is 224 g/mol. The summed E-state index contributed by atoms with van der Waals surface area (Å²) in [4.78, 5) is 0. The van der Waals surface area contributed by atoms with Crippen LogP contribution in [0.1, 0.15) is 38.2 Å². The van der Waals surface area contributed by atoms with Crippen LogP contribution < -0.4 is 0 Å². The number of rotatable bonds is 5. The Balaban J connectivity index is 2.14. The van der Waals surface area contributed by atoms with Crippen molar-refractivity contribution in [3.05, 3.63) is 35.9 Å². The molecule has 0 amide bonds. The lowest BCUT2D eigenvalue weighted by molar-refractivity contribution is 0.405. The Labute approximate surface area is 108 Å². The molecule has 0 aliphatic heterocycles. The molecule has 0 fully saturated rings. The Bertz CT molecular complexity index is 532. The molecule has 0 bridgehead atoms. The first-order chi connectivity index (χ1) is 8.70. The van der Waals surface area contributed by atoms with E-state index in [1.807, 2.05) is 6.07 Å². The number of aryl methyl sites for hydroxylation is 1. The number of unbranched alkanes of at least 4 members (excludes halogenated alkanes) is 3. The third kappa shape index (κ3) is 2.95. The first-order valence-corrected chi connectivity index (χ1v) is 6.65. The lowest BCUT2D eigenvalue weighted by Crippen LogP contribution is -1.86. The van der Waals surface area contributed by atoms with Gasteiger partial charge in [0.25, 0.3) is 0 Å². The molecule has 0 saturated carbocycles. The highest BCUT2D eigenvalue weighted by molar-refractivity contribution is 5.86. The van der Waals surface area contributed by atoms with Gasteiger partial charge in [-0.2, -0.15) is 0 Å². The van der Waals surface area contributed by atoms with E-state index in [2.05, 4.69) is 19.1 Å². The van der Waals surface area contributed by atoms with E-state index in [4.69, 9.17) is 0 Å². The summed E-state index contributed by atoms with van der Waals surface area (Å²) in [5.41, 5.74) is 1.30. The minimum atomic E-state index is -0.0572. The van der Waals surface area contributed by atoms with Gasteiger partial charge >= 0.3 is 0 Å². The standard InChI is InChI=1S/C16H20O2/c1-2-3-4-5-6-12-7-8-13-10-15(17)16(18)11-14(13)9-12/h7-11,17-18H,2-6H2,1H3. The Hall–Kier alpha value is -1.70. The maximum atomic E-state index is 9.50. The van der Waals surface area contributed by atoms with E-state index in [0.29, 0.717) is 0 Å². The number of phenols is 2. The highest BCUT2D eigenvalue weighted by Gasteiger charge is 2.03. The Morgan fingerprint density at radius 2 is 1.56 bits per heavy atom. The second kappa shape index (κ2) is 5.76. The smallest absolute Gasteiger partial charge is 0.158 e. The Morgan fingerprint density at radius 3 is 2.28 bits per heavy atom. The van der Waals surface area contributed by atoms with Crippen molar-refractivity contribution in [2.75, 3.05) is 0 Å². The molecule has 0 aliphatic rings. The first-order valence-electron chi connectivity index (χ1n) is 6.65. The maximum Gasteiger partial charge on any atom is 0.158 e. The summed E-state index contributed by atoms with van der Waals surface area (Å²) in [5.74, 6) is -0.108. The molecular formula is C16H20O2. The van der Waals surface area contributed by atoms with Crippen LogP contribution in [0, 0.1) is 0 Å². The van der Waals surface area contributed by atoms with Crippen LogP contribution in [0.4, 0.5) is 0 Å². The van der Waals surface area contributed by atoms with Gasteiger partial charge < -0.3 is 10.2 Å². The molecule has 18 heavy (non-hydrogen) atoms. The molecule has 2 nitrogen and oxygen atoms in total. The van der Waals surface area contributed by atoms with Crippen molar-refractivity contribution < 1.29 is 10.2 Å². The van der Waals surface area contributed by atoms with Gasteiger partial charge in [0.05, 0.1) is 0 Å². The molecule has 0 saturated heterocycles. The highest BCUT2D eigenvalue weighted by atomic mass is 16.3. The van der Waals surface area contributed by atoms with E-state index in [-0.39, 0.29) is 11.5 Å². The Kier molecular flexibility index (Phi) is 4.08. The zero-order chi connectivity index (χ0) is 13.0. The molecule has 2 heteroatoms. The number of hydrogen-bond donors (Lipinski definition) is 2. The van der Waals surface area contributed by atoms with E-state index in [1.54, 1.807) is 12.1 Å². The van der Waals surface area contributed by atoms with Crippen LogP contribution in [0.3, 0.4) is 0 Å². The molecule has 2 aromatic carbocycles. The number of benzene rings is 2. The van der Waals surface area contributed by atoms with Crippen molar-refractivity contribution >= 4 is 10.8 Å². The normalized spacial score (nSPS) is 10.9. The third-order valence-corrected chi connectivity index (χ3v) is 3.32. The van der Waals surface area contributed by atoms with Crippen molar-refractivity contribution in [2.45, 2.75) is 39.0 Å².